The summed E-state index contributed by atoms with van der Waals surface area (Å²) >= 11 is 0. The molecule has 6 heteroatoms. The number of hydrogen-bond acceptors (Lipinski definition) is 5. The van der Waals surface area contributed by atoms with E-state index < -0.39 is 11.4 Å². The van der Waals surface area contributed by atoms with Crippen LogP contribution in [0, 0.1) is 0 Å². The first-order valence-corrected chi connectivity index (χ1v) is 4.92. The van der Waals surface area contributed by atoms with E-state index in [4.69, 9.17) is 14.7 Å². The molecule has 6 nitrogen and oxygen atoms in total. The average molecular weight is 218 g/mol. The van der Waals surface area contributed by atoms with E-state index in [1.807, 2.05) is 0 Å². The van der Waals surface area contributed by atoms with Crippen LogP contribution in [0.25, 0.3) is 0 Å². The van der Waals surface area contributed by atoms with Crippen molar-refractivity contribution in [3.05, 3.63) is 0 Å². The summed E-state index contributed by atoms with van der Waals surface area (Å²) in [5, 5.41) is 11.6. The fourth-order valence-electron chi connectivity index (χ4n) is 1.76. The van der Waals surface area contributed by atoms with Gasteiger partial charge in [0.1, 0.15) is 0 Å². The molecular formula is C9H18N2O4. The Kier molecular flexibility index (Phi) is 4.46. The molecule has 0 aromatic carbocycles. The minimum Gasteiger partial charge on any atom is -0.356 e. The Morgan fingerprint density at radius 2 is 2.47 bits per heavy atom. The van der Waals surface area contributed by atoms with Crippen LogP contribution in [0.1, 0.15) is 19.3 Å². The van der Waals surface area contributed by atoms with Crippen LogP contribution in [0.5, 0.6) is 0 Å². The minimum atomic E-state index is -0.413. The van der Waals surface area contributed by atoms with Gasteiger partial charge >= 0.3 is 0 Å². The Morgan fingerprint density at radius 3 is 2.87 bits per heavy atom. The Labute approximate surface area is 88.9 Å². The number of carbonyl (C=O) groups is 1. The molecule has 1 aliphatic heterocycles. The van der Waals surface area contributed by atoms with Crippen LogP contribution in [0.3, 0.4) is 0 Å². The Morgan fingerprint density at radius 1 is 1.73 bits per heavy atom. The van der Waals surface area contributed by atoms with Gasteiger partial charge in [0, 0.05) is 20.0 Å². The second kappa shape index (κ2) is 5.41. The van der Waals surface area contributed by atoms with Gasteiger partial charge < -0.3 is 14.8 Å². The third kappa shape index (κ3) is 3.13. The van der Waals surface area contributed by atoms with E-state index in [9.17, 15) is 4.79 Å². The van der Waals surface area contributed by atoms with E-state index in [0.717, 1.165) is 12.8 Å². The minimum absolute atomic E-state index is 0.191. The normalized spacial score (nSPS) is 31.3. The van der Waals surface area contributed by atoms with Crippen LogP contribution in [0.2, 0.25) is 0 Å². The summed E-state index contributed by atoms with van der Waals surface area (Å²) in [6, 6.07) is 0. The molecule has 88 valence electrons. The summed E-state index contributed by atoms with van der Waals surface area (Å²) in [5.41, 5.74) is 1.23. The lowest BCUT2D eigenvalue weighted by Crippen LogP contribution is -2.54. The highest BCUT2D eigenvalue weighted by atomic mass is 16.7. The number of hydrogen-bond donors (Lipinski definition) is 3. The van der Waals surface area contributed by atoms with Crippen molar-refractivity contribution in [3.8, 4) is 0 Å². The molecule has 0 aliphatic carbocycles. The lowest BCUT2D eigenvalue weighted by molar-refractivity contribution is -0.172. The van der Waals surface area contributed by atoms with Crippen LogP contribution >= 0.6 is 0 Å². The van der Waals surface area contributed by atoms with Crippen molar-refractivity contribution >= 4 is 5.91 Å². The molecule has 1 saturated heterocycles. The Bertz CT molecular complexity index is 214. The Balaban J connectivity index is 2.52. The second-order valence-corrected chi connectivity index (χ2v) is 3.76. The van der Waals surface area contributed by atoms with Gasteiger partial charge in [0.15, 0.2) is 6.29 Å². The monoisotopic (exact) mass is 218 g/mol. The van der Waals surface area contributed by atoms with Gasteiger partial charge in [-0.05, 0) is 13.5 Å². The lowest BCUT2D eigenvalue weighted by atomic mass is 9.88. The van der Waals surface area contributed by atoms with Gasteiger partial charge in [-0.25, -0.2) is 5.48 Å². The van der Waals surface area contributed by atoms with Gasteiger partial charge in [0.05, 0.1) is 12.1 Å². The SMILES string of the molecule is CNC1(CC(=O)NO)CCC(OC)OC1. The van der Waals surface area contributed by atoms with Crippen molar-refractivity contribution in [1.82, 2.24) is 10.8 Å². The molecule has 3 N–H and O–H groups in total. The van der Waals surface area contributed by atoms with E-state index in [1.54, 1.807) is 19.6 Å². The number of nitrogens with one attached hydrogen (secondary N) is 2. The number of carbonyl (C=O) groups excluding carboxylic acids is 1. The van der Waals surface area contributed by atoms with Crippen LogP contribution in [0.4, 0.5) is 0 Å². The molecule has 2 unspecified atom stereocenters. The van der Waals surface area contributed by atoms with Gasteiger partial charge in [0.25, 0.3) is 0 Å². The van der Waals surface area contributed by atoms with Gasteiger partial charge in [-0.15, -0.1) is 0 Å². The van der Waals surface area contributed by atoms with Crippen molar-refractivity contribution in [1.29, 1.82) is 0 Å². The van der Waals surface area contributed by atoms with Crippen LogP contribution < -0.4 is 10.8 Å². The zero-order valence-electron chi connectivity index (χ0n) is 9.08. The number of likely N-dealkylation sites (N-methyl/N-ethyl adjacent to an activating group) is 1. The molecule has 0 bridgehead atoms. The maximum absolute atomic E-state index is 11.1. The molecule has 0 radical (unpaired) electrons. The molecule has 0 aromatic rings. The molecule has 15 heavy (non-hydrogen) atoms. The summed E-state index contributed by atoms with van der Waals surface area (Å²) in [4.78, 5) is 11.1. The predicted molar refractivity (Wildman–Crippen MR) is 52.3 cm³/mol. The van der Waals surface area contributed by atoms with E-state index in [2.05, 4.69) is 5.32 Å². The number of amides is 1. The number of methoxy groups -OCH3 is 1. The van der Waals surface area contributed by atoms with Gasteiger partial charge in [0.2, 0.25) is 5.91 Å². The van der Waals surface area contributed by atoms with E-state index in [0.29, 0.717) is 6.61 Å². The molecule has 0 aromatic heterocycles. The summed E-state index contributed by atoms with van der Waals surface area (Å²) < 4.78 is 10.5. The predicted octanol–water partition coefficient (Wildman–Crippen LogP) is -0.377. The molecule has 1 heterocycles. The number of rotatable bonds is 4. The smallest absolute Gasteiger partial charge is 0.245 e. The highest BCUT2D eigenvalue weighted by molar-refractivity contribution is 5.76. The first kappa shape index (κ1) is 12.4. The fraction of sp³-hybridized carbons (Fsp3) is 0.889. The fourth-order valence-corrected chi connectivity index (χ4v) is 1.76. The van der Waals surface area contributed by atoms with Gasteiger partial charge in [-0.1, -0.05) is 0 Å². The first-order chi connectivity index (χ1) is 7.15. The lowest BCUT2D eigenvalue weighted by Gasteiger charge is -2.38. The molecule has 1 fully saturated rings. The molecule has 1 rings (SSSR count). The third-order valence-corrected chi connectivity index (χ3v) is 2.82. The molecule has 1 amide bonds. The topological polar surface area (TPSA) is 79.8 Å². The van der Waals surface area contributed by atoms with Crippen LogP contribution in [-0.4, -0.2) is 43.7 Å². The van der Waals surface area contributed by atoms with Gasteiger partial charge in [-0.3, -0.25) is 10.0 Å². The summed E-state index contributed by atoms with van der Waals surface area (Å²) in [6.45, 7) is 0.398. The summed E-state index contributed by atoms with van der Waals surface area (Å²) in [7, 11) is 3.37. The quantitative estimate of drug-likeness (QED) is 0.443. The highest BCUT2D eigenvalue weighted by Crippen LogP contribution is 2.26. The maximum atomic E-state index is 11.1. The van der Waals surface area contributed by atoms with E-state index in [1.165, 1.54) is 0 Å². The van der Waals surface area contributed by atoms with Crippen molar-refractivity contribution in [2.75, 3.05) is 20.8 Å². The van der Waals surface area contributed by atoms with Crippen molar-refractivity contribution in [3.63, 3.8) is 0 Å². The molecule has 1 aliphatic rings. The molecule has 2 atom stereocenters. The zero-order chi connectivity index (χ0) is 11.3. The summed E-state index contributed by atoms with van der Waals surface area (Å²) in [6.07, 6.45) is 1.51. The van der Waals surface area contributed by atoms with E-state index in [-0.39, 0.29) is 12.7 Å². The Hall–Kier alpha value is -0.690. The van der Waals surface area contributed by atoms with Crippen molar-refractivity contribution in [2.24, 2.45) is 0 Å². The van der Waals surface area contributed by atoms with Crippen LogP contribution in [0.15, 0.2) is 0 Å². The zero-order valence-corrected chi connectivity index (χ0v) is 9.08. The second-order valence-electron chi connectivity index (χ2n) is 3.76. The molecule has 0 spiro atoms. The van der Waals surface area contributed by atoms with Gasteiger partial charge in [-0.2, -0.15) is 0 Å². The maximum Gasteiger partial charge on any atom is 0.245 e. The van der Waals surface area contributed by atoms with E-state index >= 15 is 0 Å². The largest absolute Gasteiger partial charge is 0.356 e. The molecular weight excluding hydrogens is 200 g/mol. The number of hydroxylamine groups is 1. The third-order valence-electron chi connectivity index (χ3n) is 2.82. The van der Waals surface area contributed by atoms with Crippen molar-refractivity contribution < 1.29 is 19.5 Å². The van der Waals surface area contributed by atoms with Crippen LogP contribution in [-0.2, 0) is 14.3 Å². The van der Waals surface area contributed by atoms with Crippen molar-refractivity contribution in [2.45, 2.75) is 31.1 Å². The summed E-state index contributed by atoms with van der Waals surface area (Å²) in [5.74, 6) is -0.413. The standard InChI is InChI=1S/C9H18N2O4/c1-10-9(5-7(12)11-13)4-3-8(14-2)15-6-9/h8,10,13H,3-6H2,1-2H3,(H,11,12). The first-order valence-electron chi connectivity index (χ1n) is 4.92. The average Bonchev–Trinajstić information content (AvgIpc) is 2.30. The highest BCUT2D eigenvalue weighted by Gasteiger charge is 2.36. The number of ether oxygens (including phenoxy) is 2. The molecule has 0 saturated carbocycles.